The molecule has 16 heavy (non-hydrogen) atoms. The number of halogens is 7. The van der Waals surface area contributed by atoms with Gasteiger partial charge in [-0.15, -0.1) is 0 Å². The molecule has 0 aliphatic rings. The highest BCUT2D eigenvalue weighted by atomic mass is 79.9. The topological polar surface area (TPSA) is 0 Å². The van der Waals surface area contributed by atoms with Gasteiger partial charge in [-0.25, -0.2) is 0 Å². The van der Waals surface area contributed by atoms with Crippen LogP contribution in [0.5, 0.6) is 0 Å². The zero-order chi connectivity index (χ0) is 12.6. The Kier molecular flexibility index (Phi) is 3.56. The fourth-order valence-electron chi connectivity index (χ4n) is 1.28. The molecule has 0 nitrogen and oxygen atoms in total. The van der Waals surface area contributed by atoms with Crippen molar-refractivity contribution in [3.63, 3.8) is 0 Å². The van der Waals surface area contributed by atoms with Gasteiger partial charge in [0.15, 0.2) is 0 Å². The molecule has 0 aromatic heterocycles. The van der Waals surface area contributed by atoms with Crippen molar-refractivity contribution in [1.82, 2.24) is 0 Å². The van der Waals surface area contributed by atoms with E-state index in [-0.39, 0.29) is 5.33 Å². The first-order chi connectivity index (χ1) is 7.18. The molecule has 0 heterocycles. The summed E-state index contributed by atoms with van der Waals surface area (Å²) in [7, 11) is 0. The zero-order valence-corrected chi connectivity index (χ0v) is 9.17. The summed E-state index contributed by atoms with van der Waals surface area (Å²) in [4.78, 5) is 0. The maximum Gasteiger partial charge on any atom is 0.417 e. The van der Waals surface area contributed by atoms with Crippen LogP contribution in [0.2, 0.25) is 0 Å². The lowest BCUT2D eigenvalue weighted by atomic mass is 10.0. The van der Waals surface area contributed by atoms with Crippen molar-refractivity contribution in [3.05, 3.63) is 34.9 Å². The standard InChI is InChI=1S/C9H5BrF6/c10-4-5-2-1-3-6(8(11,12)13)7(5)9(14,15)16/h1-3H,4H2. The van der Waals surface area contributed by atoms with Gasteiger partial charge in [-0.1, -0.05) is 28.1 Å². The number of hydrogen-bond donors (Lipinski definition) is 0. The molecule has 1 aromatic carbocycles. The van der Waals surface area contributed by atoms with E-state index in [2.05, 4.69) is 15.9 Å². The number of rotatable bonds is 1. The highest BCUT2D eigenvalue weighted by molar-refractivity contribution is 9.08. The summed E-state index contributed by atoms with van der Waals surface area (Å²) in [6.07, 6.45) is -10.0. The summed E-state index contributed by atoms with van der Waals surface area (Å²) in [5.41, 5.74) is -3.71. The monoisotopic (exact) mass is 306 g/mol. The average molecular weight is 307 g/mol. The van der Waals surface area contributed by atoms with Gasteiger partial charge in [0.2, 0.25) is 0 Å². The van der Waals surface area contributed by atoms with Gasteiger partial charge >= 0.3 is 12.4 Å². The molecular formula is C9H5BrF6. The molecule has 0 amide bonds. The molecule has 7 heteroatoms. The van der Waals surface area contributed by atoms with E-state index >= 15 is 0 Å². The molecule has 0 unspecified atom stereocenters. The second kappa shape index (κ2) is 4.27. The van der Waals surface area contributed by atoms with E-state index in [1.807, 2.05) is 0 Å². The smallest absolute Gasteiger partial charge is 0.166 e. The molecule has 90 valence electrons. The third-order valence-electron chi connectivity index (χ3n) is 1.88. The first-order valence-electron chi connectivity index (χ1n) is 4.00. The zero-order valence-electron chi connectivity index (χ0n) is 7.58. The predicted octanol–water partition coefficient (Wildman–Crippen LogP) is 4.62. The van der Waals surface area contributed by atoms with E-state index in [4.69, 9.17) is 0 Å². The predicted molar refractivity (Wildman–Crippen MR) is 49.1 cm³/mol. The fourth-order valence-corrected chi connectivity index (χ4v) is 1.75. The molecule has 0 aliphatic heterocycles. The molecule has 0 aliphatic carbocycles. The molecule has 0 atom stereocenters. The van der Waals surface area contributed by atoms with Gasteiger partial charge in [0, 0.05) is 5.33 Å². The van der Waals surface area contributed by atoms with E-state index in [1.54, 1.807) is 0 Å². The minimum atomic E-state index is -5.02. The summed E-state index contributed by atoms with van der Waals surface area (Å²) in [5.74, 6) is 0. The Morgan fingerprint density at radius 1 is 0.938 bits per heavy atom. The van der Waals surface area contributed by atoms with Crippen LogP contribution in [-0.4, -0.2) is 0 Å². The third-order valence-corrected chi connectivity index (χ3v) is 2.49. The lowest BCUT2D eigenvalue weighted by Gasteiger charge is -2.17. The van der Waals surface area contributed by atoms with E-state index in [1.165, 1.54) is 0 Å². The van der Waals surface area contributed by atoms with Crippen molar-refractivity contribution < 1.29 is 26.3 Å². The summed E-state index contributed by atoms with van der Waals surface area (Å²) in [6, 6.07) is 2.39. The Bertz CT molecular complexity index is 379. The fraction of sp³-hybridized carbons (Fsp3) is 0.333. The highest BCUT2D eigenvalue weighted by Gasteiger charge is 2.44. The van der Waals surface area contributed by atoms with Crippen LogP contribution in [0.15, 0.2) is 18.2 Å². The van der Waals surface area contributed by atoms with E-state index < -0.39 is 29.0 Å². The van der Waals surface area contributed by atoms with Gasteiger partial charge in [-0.05, 0) is 11.6 Å². The second-order valence-electron chi connectivity index (χ2n) is 2.97. The van der Waals surface area contributed by atoms with Crippen LogP contribution in [0.25, 0.3) is 0 Å². The Hall–Kier alpha value is -0.720. The van der Waals surface area contributed by atoms with Gasteiger partial charge in [-0.2, -0.15) is 26.3 Å². The first-order valence-corrected chi connectivity index (χ1v) is 5.12. The van der Waals surface area contributed by atoms with Crippen molar-refractivity contribution in [2.24, 2.45) is 0 Å². The molecule has 1 rings (SSSR count). The van der Waals surface area contributed by atoms with Gasteiger partial charge in [-0.3, -0.25) is 0 Å². The third kappa shape index (κ3) is 2.69. The lowest BCUT2D eigenvalue weighted by Crippen LogP contribution is -2.18. The van der Waals surface area contributed by atoms with Crippen molar-refractivity contribution in [2.45, 2.75) is 17.7 Å². The van der Waals surface area contributed by atoms with Crippen LogP contribution in [-0.2, 0) is 17.7 Å². The number of hydrogen-bond acceptors (Lipinski definition) is 0. The number of alkyl halides is 7. The Labute approximate surface area is 95.4 Å². The van der Waals surface area contributed by atoms with E-state index in [9.17, 15) is 26.3 Å². The van der Waals surface area contributed by atoms with Crippen LogP contribution in [0, 0.1) is 0 Å². The molecule has 0 spiro atoms. The average Bonchev–Trinajstić information content (AvgIpc) is 2.13. The molecule has 0 N–H and O–H groups in total. The molecular weight excluding hydrogens is 302 g/mol. The SMILES string of the molecule is FC(F)(F)c1cccc(CBr)c1C(F)(F)F. The first kappa shape index (κ1) is 13.3. The largest absolute Gasteiger partial charge is 0.417 e. The quantitative estimate of drug-likeness (QED) is 0.524. The Morgan fingerprint density at radius 2 is 1.50 bits per heavy atom. The second-order valence-corrected chi connectivity index (χ2v) is 3.53. The number of benzene rings is 1. The van der Waals surface area contributed by atoms with E-state index in [0.717, 1.165) is 12.1 Å². The molecule has 0 saturated carbocycles. The van der Waals surface area contributed by atoms with Crippen LogP contribution < -0.4 is 0 Å². The Morgan fingerprint density at radius 3 is 1.88 bits per heavy atom. The molecule has 0 fully saturated rings. The maximum atomic E-state index is 12.5. The lowest BCUT2D eigenvalue weighted by molar-refractivity contribution is -0.162. The molecule has 0 saturated heterocycles. The minimum Gasteiger partial charge on any atom is -0.166 e. The van der Waals surface area contributed by atoms with Gasteiger partial charge in [0.1, 0.15) is 0 Å². The van der Waals surface area contributed by atoms with Gasteiger partial charge in [0.25, 0.3) is 0 Å². The highest BCUT2D eigenvalue weighted by Crippen LogP contribution is 2.42. The molecule has 0 radical (unpaired) electrons. The van der Waals surface area contributed by atoms with Gasteiger partial charge in [0.05, 0.1) is 11.1 Å². The summed E-state index contributed by atoms with van der Waals surface area (Å²) < 4.78 is 74.7. The summed E-state index contributed by atoms with van der Waals surface area (Å²) >= 11 is 2.73. The summed E-state index contributed by atoms with van der Waals surface area (Å²) in [6.45, 7) is 0. The van der Waals surface area contributed by atoms with Crippen molar-refractivity contribution in [3.8, 4) is 0 Å². The molecule has 1 aromatic rings. The molecule has 0 bridgehead atoms. The van der Waals surface area contributed by atoms with Crippen molar-refractivity contribution in [1.29, 1.82) is 0 Å². The van der Waals surface area contributed by atoms with Crippen molar-refractivity contribution >= 4 is 15.9 Å². The Balaban J connectivity index is 3.51. The normalized spacial score (nSPS) is 12.9. The van der Waals surface area contributed by atoms with Crippen LogP contribution in [0.3, 0.4) is 0 Å². The van der Waals surface area contributed by atoms with Crippen LogP contribution in [0.1, 0.15) is 16.7 Å². The van der Waals surface area contributed by atoms with Crippen LogP contribution >= 0.6 is 15.9 Å². The maximum absolute atomic E-state index is 12.5. The van der Waals surface area contributed by atoms with Crippen molar-refractivity contribution in [2.75, 3.05) is 0 Å². The van der Waals surface area contributed by atoms with E-state index in [0.29, 0.717) is 6.07 Å². The van der Waals surface area contributed by atoms with Gasteiger partial charge < -0.3 is 0 Å². The van der Waals surface area contributed by atoms with Crippen LogP contribution in [0.4, 0.5) is 26.3 Å². The summed E-state index contributed by atoms with van der Waals surface area (Å²) in [5, 5.41) is -0.286. The minimum absolute atomic E-state index is 0.286.